The molecule has 128 valence electrons. The van der Waals surface area contributed by atoms with E-state index in [0.717, 1.165) is 12.8 Å². The standard InChI is InChI=1S/C16H26N6.ClH/c1-10-7-11(2)9-12(8-10)3-6-14(13-4-5-13)20-16(19)22-21-15(17)18;/h7-9,13-14H,3-6H2,1-2H3,(H4,17,18,21)(H3,19,20,22);1H/t14-;/m1./s1. The van der Waals surface area contributed by atoms with E-state index in [2.05, 4.69) is 47.6 Å². The average Bonchev–Trinajstić information content (AvgIpc) is 3.24. The smallest absolute Gasteiger partial charge is 0.209 e. The van der Waals surface area contributed by atoms with E-state index in [0.29, 0.717) is 5.92 Å². The number of halogens is 1. The minimum absolute atomic E-state index is 0. The van der Waals surface area contributed by atoms with E-state index in [1.54, 1.807) is 0 Å². The van der Waals surface area contributed by atoms with Gasteiger partial charge >= 0.3 is 0 Å². The molecule has 0 spiro atoms. The Hall–Kier alpha value is -1.95. The van der Waals surface area contributed by atoms with E-state index in [4.69, 9.17) is 17.2 Å². The van der Waals surface area contributed by atoms with Gasteiger partial charge in [-0.3, -0.25) is 0 Å². The van der Waals surface area contributed by atoms with Gasteiger partial charge in [0.15, 0.2) is 0 Å². The minimum Gasteiger partial charge on any atom is -0.369 e. The number of hydrazone groups is 1. The summed E-state index contributed by atoms with van der Waals surface area (Å²) in [5, 5.41) is 3.67. The van der Waals surface area contributed by atoms with Crippen molar-refractivity contribution in [3.05, 3.63) is 34.9 Å². The minimum atomic E-state index is -0.0589. The fourth-order valence-corrected chi connectivity index (χ4v) is 2.74. The molecular weight excluding hydrogens is 312 g/mol. The maximum atomic E-state index is 5.83. The Bertz CT molecular complexity index is 556. The van der Waals surface area contributed by atoms with Crippen molar-refractivity contribution in [1.29, 1.82) is 0 Å². The molecule has 0 unspecified atom stereocenters. The van der Waals surface area contributed by atoms with E-state index in [-0.39, 0.29) is 30.4 Å². The third-order valence-electron chi connectivity index (χ3n) is 3.78. The van der Waals surface area contributed by atoms with E-state index < -0.39 is 0 Å². The fraction of sp³-hybridized carbons (Fsp3) is 0.500. The highest BCUT2D eigenvalue weighted by molar-refractivity contribution is 5.85. The molecule has 2 rings (SSSR count). The Morgan fingerprint density at radius 1 is 1.17 bits per heavy atom. The molecule has 7 N–H and O–H groups in total. The van der Waals surface area contributed by atoms with Gasteiger partial charge in [0, 0.05) is 0 Å². The number of nitrogens with two attached hydrogens (primary N) is 3. The number of nitrogens with one attached hydrogen (secondary N) is 1. The molecule has 1 fully saturated rings. The van der Waals surface area contributed by atoms with Crippen LogP contribution in [0.15, 0.2) is 28.3 Å². The molecule has 1 saturated carbocycles. The molecule has 7 heteroatoms. The van der Waals surface area contributed by atoms with Gasteiger partial charge in [-0.25, -0.2) is 10.4 Å². The first-order valence-corrected chi connectivity index (χ1v) is 7.69. The molecule has 6 nitrogen and oxygen atoms in total. The molecule has 0 saturated heterocycles. The van der Waals surface area contributed by atoms with Crippen molar-refractivity contribution < 1.29 is 0 Å². The third-order valence-corrected chi connectivity index (χ3v) is 3.78. The van der Waals surface area contributed by atoms with Gasteiger partial charge in [0.1, 0.15) is 0 Å². The molecule has 1 aliphatic rings. The number of guanidine groups is 2. The van der Waals surface area contributed by atoms with Crippen LogP contribution in [0.3, 0.4) is 0 Å². The first-order valence-electron chi connectivity index (χ1n) is 7.69. The zero-order valence-electron chi connectivity index (χ0n) is 13.7. The molecule has 23 heavy (non-hydrogen) atoms. The largest absolute Gasteiger partial charge is 0.369 e. The average molecular weight is 339 g/mol. The summed E-state index contributed by atoms with van der Waals surface area (Å²) in [6.45, 7) is 4.26. The lowest BCUT2D eigenvalue weighted by Crippen LogP contribution is -2.34. The van der Waals surface area contributed by atoms with Crippen LogP contribution in [0, 0.1) is 19.8 Å². The van der Waals surface area contributed by atoms with Crippen molar-refractivity contribution >= 4 is 24.3 Å². The van der Waals surface area contributed by atoms with E-state index in [1.807, 2.05) is 0 Å². The molecule has 0 aliphatic heterocycles. The molecule has 1 aliphatic carbocycles. The number of nitrogens with zero attached hydrogens (tertiary/aromatic N) is 2. The van der Waals surface area contributed by atoms with Crippen LogP contribution >= 0.6 is 12.4 Å². The number of hydrogen-bond acceptors (Lipinski definition) is 2. The van der Waals surface area contributed by atoms with Gasteiger partial charge in [0.05, 0.1) is 6.04 Å². The van der Waals surface area contributed by atoms with Gasteiger partial charge in [-0.15, -0.1) is 17.5 Å². The normalized spacial score (nSPS) is 15.5. The lowest BCUT2D eigenvalue weighted by atomic mass is 9.99. The maximum Gasteiger partial charge on any atom is 0.209 e. The highest BCUT2D eigenvalue weighted by Gasteiger charge is 2.30. The van der Waals surface area contributed by atoms with Crippen molar-refractivity contribution in [2.45, 2.75) is 45.6 Å². The molecule has 0 heterocycles. The Morgan fingerprint density at radius 2 is 1.78 bits per heavy atom. The van der Waals surface area contributed by atoms with Crippen molar-refractivity contribution in [2.24, 2.45) is 33.2 Å². The molecule has 0 amide bonds. The summed E-state index contributed by atoms with van der Waals surface area (Å²) < 4.78 is 0. The molecule has 1 aromatic carbocycles. The Morgan fingerprint density at radius 3 is 2.30 bits per heavy atom. The topological polar surface area (TPSA) is 115 Å². The second-order valence-electron chi connectivity index (χ2n) is 6.10. The Kier molecular flexibility index (Phi) is 7.16. The number of aliphatic imine (C=N–C) groups is 1. The summed E-state index contributed by atoms with van der Waals surface area (Å²) in [7, 11) is 0. The molecule has 0 aromatic heterocycles. The highest BCUT2D eigenvalue weighted by Crippen LogP contribution is 2.36. The first-order chi connectivity index (χ1) is 10.4. The zero-order chi connectivity index (χ0) is 16.1. The SMILES string of the molecule is Cc1cc(C)cc(CC[C@@H](N=C(N)NN=C(N)N)C2CC2)c1.Cl. The predicted molar refractivity (Wildman–Crippen MR) is 98.6 cm³/mol. The van der Waals surface area contributed by atoms with Gasteiger partial charge in [-0.05, 0) is 51.0 Å². The van der Waals surface area contributed by atoms with Crippen LogP contribution < -0.4 is 22.6 Å². The van der Waals surface area contributed by atoms with E-state index >= 15 is 0 Å². The summed E-state index contributed by atoms with van der Waals surface area (Å²) in [5.74, 6) is 0.840. The Balaban J connectivity index is 0.00000264. The van der Waals surface area contributed by atoms with Gasteiger partial charge in [0.25, 0.3) is 0 Å². The third kappa shape index (κ3) is 6.78. The van der Waals surface area contributed by atoms with Crippen LogP contribution in [0.1, 0.15) is 36.0 Å². The number of aryl methyl sites for hydroxylation is 3. The summed E-state index contributed by atoms with van der Waals surface area (Å²) in [6, 6.07) is 6.89. The van der Waals surface area contributed by atoms with Gasteiger partial charge in [-0.1, -0.05) is 29.3 Å². The second-order valence-corrected chi connectivity index (χ2v) is 6.10. The molecule has 1 atom stereocenters. The predicted octanol–water partition coefficient (Wildman–Crippen LogP) is 1.53. The Labute approximate surface area is 144 Å². The van der Waals surface area contributed by atoms with Crippen molar-refractivity contribution in [1.82, 2.24) is 5.43 Å². The fourth-order valence-electron chi connectivity index (χ4n) is 2.74. The van der Waals surface area contributed by atoms with Gasteiger partial charge in [0.2, 0.25) is 11.9 Å². The van der Waals surface area contributed by atoms with E-state index in [9.17, 15) is 0 Å². The maximum absolute atomic E-state index is 5.83. The monoisotopic (exact) mass is 338 g/mol. The van der Waals surface area contributed by atoms with Crippen LogP contribution in [-0.4, -0.2) is 18.0 Å². The van der Waals surface area contributed by atoms with Gasteiger partial charge in [-0.2, -0.15) is 0 Å². The number of benzene rings is 1. The quantitative estimate of drug-likeness (QED) is 0.357. The van der Waals surface area contributed by atoms with Crippen molar-refractivity contribution in [3.8, 4) is 0 Å². The number of rotatable bonds is 6. The lowest BCUT2D eigenvalue weighted by Gasteiger charge is -2.13. The van der Waals surface area contributed by atoms with Crippen LogP contribution in [0.2, 0.25) is 0 Å². The summed E-state index contributed by atoms with van der Waals surface area (Å²) in [6.07, 6.45) is 4.42. The second kappa shape index (κ2) is 8.62. The van der Waals surface area contributed by atoms with Crippen LogP contribution in [0.25, 0.3) is 0 Å². The van der Waals surface area contributed by atoms with Crippen LogP contribution in [-0.2, 0) is 6.42 Å². The molecular formula is C16H27ClN6. The molecule has 0 bridgehead atoms. The van der Waals surface area contributed by atoms with E-state index in [1.165, 1.54) is 29.5 Å². The summed E-state index contributed by atoms with van der Waals surface area (Å²) in [5.41, 5.74) is 22.9. The first kappa shape index (κ1) is 19.1. The van der Waals surface area contributed by atoms with Crippen LogP contribution in [0.5, 0.6) is 0 Å². The number of hydrogen-bond donors (Lipinski definition) is 4. The summed E-state index contributed by atoms with van der Waals surface area (Å²) in [4.78, 5) is 4.54. The van der Waals surface area contributed by atoms with Crippen molar-refractivity contribution in [3.63, 3.8) is 0 Å². The zero-order valence-corrected chi connectivity index (χ0v) is 14.6. The summed E-state index contributed by atoms with van der Waals surface area (Å²) >= 11 is 0. The lowest BCUT2D eigenvalue weighted by molar-refractivity contribution is 0.549. The molecule has 0 radical (unpaired) electrons. The van der Waals surface area contributed by atoms with Crippen LogP contribution in [0.4, 0.5) is 0 Å². The van der Waals surface area contributed by atoms with Crippen molar-refractivity contribution in [2.75, 3.05) is 0 Å². The molecule has 1 aromatic rings. The van der Waals surface area contributed by atoms with Gasteiger partial charge < -0.3 is 17.2 Å². The highest BCUT2D eigenvalue weighted by atomic mass is 35.5.